The topological polar surface area (TPSA) is 101 Å². The molecule has 0 atom stereocenters. The lowest BCUT2D eigenvalue weighted by Gasteiger charge is -2.00. The number of amides is 1. The van der Waals surface area contributed by atoms with E-state index in [1.54, 1.807) is 13.3 Å². The van der Waals surface area contributed by atoms with Crippen molar-refractivity contribution in [3.05, 3.63) is 52.6 Å². The molecule has 9 heteroatoms. The Morgan fingerprint density at radius 2 is 2.21 bits per heavy atom. The third kappa shape index (κ3) is 2.40. The van der Waals surface area contributed by atoms with Crippen LogP contribution in [0.1, 0.15) is 10.5 Å². The van der Waals surface area contributed by atoms with Gasteiger partial charge in [0.25, 0.3) is 11.5 Å². The average Bonchev–Trinajstić information content (AvgIpc) is 3.14. The monoisotopic (exact) mass is 341 g/mol. The zero-order valence-electron chi connectivity index (χ0n) is 12.4. The molecule has 1 aromatic carbocycles. The molecule has 0 aliphatic heterocycles. The maximum atomic E-state index is 12.3. The Balaban J connectivity index is 1.68. The Morgan fingerprint density at radius 3 is 2.96 bits per heavy atom. The van der Waals surface area contributed by atoms with E-state index in [2.05, 4.69) is 20.5 Å². The molecular formula is C15H11N5O3S. The molecule has 120 valence electrons. The summed E-state index contributed by atoms with van der Waals surface area (Å²) in [5.74, 6) is 0.631. The number of aromatic amines is 1. The van der Waals surface area contributed by atoms with Crippen molar-refractivity contribution in [2.45, 2.75) is 0 Å². The molecule has 0 radical (unpaired) electrons. The third-order valence-corrected chi connectivity index (χ3v) is 4.47. The van der Waals surface area contributed by atoms with E-state index < -0.39 is 5.91 Å². The lowest BCUT2D eigenvalue weighted by Crippen LogP contribution is -2.16. The average molecular weight is 341 g/mol. The Morgan fingerprint density at radius 1 is 1.33 bits per heavy atom. The second-order valence-corrected chi connectivity index (χ2v) is 5.98. The second-order valence-electron chi connectivity index (χ2n) is 4.97. The van der Waals surface area contributed by atoms with Gasteiger partial charge in [-0.1, -0.05) is 11.3 Å². The highest BCUT2D eigenvalue weighted by molar-refractivity contribution is 7.23. The molecule has 0 spiro atoms. The number of benzene rings is 1. The van der Waals surface area contributed by atoms with E-state index in [0.29, 0.717) is 4.96 Å². The molecule has 0 fully saturated rings. The van der Waals surface area contributed by atoms with Crippen LogP contribution in [0, 0.1) is 0 Å². The van der Waals surface area contributed by atoms with Crippen LogP contribution in [0.5, 0.6) is 5.75 Å². The van der Waals surface area contributed by atoms with Crippen LogP contribution in [-0.4, -0.2) is 32.6 Å². The van der Waals surface area contributed by atoms with E-state index in [9.17, 15) is 9.59 Å². The first-order valence-electron chi connectivity index (χ1n) is 6.97. The van der Waals surface area contributed by atoms with Gasteiger partial charge in [-0.25, -0.2) is 10.1 Å². The number of carbonyl (C=O) groups excluding carboxylic acids is 1. The maximum absolute atomic E-state index is 12.3. The van der Waals surface area contributed by atoms with Crippen LogP contribution < -0.4 is 15.6 Å². The van der Waals surface area contributed by atoms with Crippen LogP contribution in [0.15, 0.2) is 41.3 Å². The van der Waals surface area contributed by atoms with Crippen LogP contribution in [0.4, 0.5) is 5.82 Å². The van der Waals surface area contributed by atoms with E-state index in [0.717, 1.165) is 16.0 Å². The highest BCUT2D eigenvalue weighted by atomic mass is 32.1. The van der Waals surface area contributed by atoms with Crippen LogP contribution in [-0.2, 0) is 0 Å². The van der Waals surface area contributed by atoms with E-state index in [-0.39, 0.29) is 17.1 Å². The van der Waals surface area contributed by atoms with Crippen molar-refractivity contribution in [1.29, 1.82) is 0 Å². The summed E-state index contributed by atoms with van der Waals surface area (Å²) in [5.41, 5.74) is 0.883. The van der Waals surface area contributed by atoms with Gasteiger partial charge in [-0.05, 0) is 24.3 Å². The van der Waals surface area contributed by atoms with Crippen molar-refractivity contribution < 1.29 is 9.53 Å². The highest BCUT2D eigenvalue weighted by Gasteiger charge is 2.15. The number of fused-ring (bicyclic) bond motifs is 3. The Hall–Kier alpha value is -3.20. The summed E-state index contributed by atoms with van der Waals surface area (Å²) >= 11 is 1.47. The Bertz CT molecular complexity index is 1110. The number of hydrogen-bond donors (Lipinski definition) is 2. The first-order chi connectivity index (χ1) is 11.6. The molecule has 8 nitrogen and oxygen atoms in total. The van der Waals surface area contributed by atoms with Gasteiger partial charge in [-0.15, -0.1) is 0 Å². The van der Waals surface area contributed by atoms with Gasteiger partial charge in [0.15, 0.2) is 10.8 Å². The number of hydrogen-bond acceptors (Lipinski definition) is 6. The summed E-state index contributed by atoms with van der Waals surface area (Å²) in [6.07, 6.45) is 1.67. The number of carbonyl (C=O) groups is 1. The van der Waals surface area contributed by atoms with Crippen LogP contribution >= 0.6 is 11.3 Å². The van der Waals surface area contributed by atoms with Crippen LogP contribution in [0.25, 0.3) is 15.2 Å². The standard InChI is InChI=1S/C15H11N5O3S/c1-23-8-2-3-10-11(6-8)24-15-16-9(7-20(10)15)14(22)17-12-4-5-13(21)19-18-12/h2-7H,1H3,(H,19,21)(H,17,18,22). The van der Waals surface area contributed by atoms with Gasteiger partial charge >= 0.3 is 0 Å². The molecule has 0 unspecified atom stereocenters. The summed E-state index contributed by atoms with van der Waals surface area (Å²) in [4.78, 5) is 28.3. The lowest BCUT2D eigenvalue weighted by atomic mass is 10.3. The van der Waals surface area contributed by atoms with Gasteiger partial charge < -0.3 is 10.1 Å². The molecule has 0 saturated carbocycles. The summed E-state index contributed by atoms with van der Waals surface area (Å²) in [6, 6.07) is 8.42. The molecule has 2 N–H and O–H groups in total. The first-order valence-corrected chi connectivity index (χ1v) is 7.78. The zero-order chi connectivity index (χ0) is 16.7. The van der Waals surface area contributed by atoms with Crippen molar-refractivity contribution in [1.82, 2.24) is 19.6 Å². The van der Waals surface area contributed by atoms with Crippen molar-refractivity contribution in [3.8, 4) is 5.75 Å². The summed E-state index contributed by atoms with van der Waals surface area (Å²) in [5, 5.41) is 8.59. The van der Waals surface area contributed by atoms with Crippen molar-refractivity contribution in [2.24, 2.45) is 0 Å². The minimum Gasteiger partial charge on any atom is -0.497 e. The fraction of sp³-hybridized carbons (Fsp3) is 0.0667. The Labute approximate surface area is 138 Å². The SMILES string of the molecule is COc1ccc2c(c1)sc1nc(C(=O)Nc3ccc(=O)[nH]n3)cn12. The van der Waals surface area contributed by atoms with Crippen LogP contribution in [0.3, 0.4) is 0 Å². The highest BCUT2D eigenvalue weighted by Crippen LogP contribution is 2.29. The molecule has 4 aromatic rings. The number of thiazole rings is 1. The van der Waals surface area contributed by atoms with E-state index in [4.69, 9.17) is 4.74 Å². The number of nitrogens with one attached hydrogen (secondary N) is 2. The van der Waals surface area contributed by atoms with E-state index in [1.807, 2.05) is 22.6 Å². The molecule has 3 heterocycles. The molecular weight excluding hydrogens is 330 g/mol. The number of methoxy groups -OCH3 is 1. The largest absolute Gasteiger partial charge is 0.497 e. The Kier molecular flexibility index (Phi) is 3.28. The number of nitrogens with zero attached hydrogens (tertiary/aromatic N) is 3. The predicted molar refractivity (Wildman–Crippen MR) is 89.9 cm³/mol. The van der Waals surface area contributed by atoms with Crippen LogP contribution in [0.2, 0.25) is 0 Å². The van der Waals surface area contributed by atoms with E-state index >= 15 is 0 Å². The minimum atomic E-state index is -0.396. The number of imidazole rings is 1. The lowest BCUT2D eigenvalue weighted by molar-refractivity contribution is 0.102. The summed E-state index contributed by atoms with van der Waals surface area (Å²) in [7, 11) is 1.62. The number of anilines is 1. The molecule has 4 rings (SSSR count). The van der Waals surface area contributed by atoms with Crippen molar-refractivity contribution >= 4 is 38.2 Å². The van der Waals surface area contributed by atoms with E-state index in [1.165, 1.54) is 23.5 Å². The molecule has 24 heavy (non-hydrogen) atoms. The molecule has 3 aromatic heterocycles. The first kappa shape index (κ1) is 14.4. The third-order valence-electron chi connectivity index (χ3n) is 3.45. The molecule has 0 saturated heterocycles. The van der Waals surface area contributed by atoms with Gasteiger partial charge in [0.2, 0.25) is 0 Å². The van der Waals surface area contributed by atoms with Gasteiger partial charge in [-0.3, -0.25) is 14.0 Å². The fourth-order valence-electron chi connectivity index (χ4n) is 2.31. The molecule has 0 aliphatic carbocycles. The number of rotatable bonds is 3. The molecule has 1 amide bonds. The second kappa shape index (κ2) is 5.46. The van der Waals surface area contributed by atoms with Gasteiger partial charge in [0.1, 0.15) is 11.4 Å². The zero-order valence-corrected chi connectivity index (χ0v) is 13.3. The maximum Gasteiger partial charge on any atom is 0.277 e. The number of ether oxygens (including phenoxy) is 1. The van der Waals surface area contributed by atoms with Crippen molar-refractivity contribution in [2.75, 3.05) is 12.4 Å². The minimum absolute atomic E-state index is 0.255. The predicted octanol–water partition coefficient (Wildman–Crippen LogP) is 1.89. The van der Waals surface area contributed by atoms with Gasteiger partial charge in [0, 0.05) is 12.3 Å². The fourth-order valence-corrected chi connectivity index (χ4v) is 3.35. The van der Waals surface area contributed by atoms with Gasteiger partial charge in [-0.2, -0.15) is 5.10 Å². The summed E-state index contributed by atoms with van der Waals surface area (Å²) < 4.78 is 8.09. The number of aromatic nitrogens is 4. The normalized spacial score (nSPS) is 11.0. The smallest absolute Gasteiger partial charge is 0.277 e. The van der Waals surface area contributed by atoms with Gasteiger partial charge in [0.05, 0.1) is 17.3 Å². The number of H-pyrrole nitrogens is 1. The quantitative estimate of drug-likeness (QED) is 0.592. The summed E-state index contributed by atoms with van der Waals surface area (Å²) in [6.45, 7) is 0. The molecule has 0 bridgehead atoms. The van der Waals surface area contributed by atoms with Crippen molar-refractivity contribution in [3.63, 3.8) is 0 Å². The molecule has 0 aliphatic rings.